The van der Waals surface area contributed by atoms with Gasteiger partial charge in [-0.2, -0.15) is 0 Å². The Hall–Kier alpha value is -0.160. The zero-order valence-electron chi connectivity index (χ0n) is 11.8. The van der Waals surface area contributed by atoms with Crippen molar-refractivity contribution in [1.29, 1.82) is 0 Å². The Labute approximate surface area is 102 Å². The van der Waals surface area contributed by atoms with Gasteiger partial charge in [0.05, 0.1) is 0 Å². The van der Waals surface area contributed by atoms with E-state index in [2.05, 4.69) is 28.2 Å². The van der Waals surface area contributed by atoms with Crippen LogP contribution < -0.4 is 21.3 Å². The number of hydrogen-bond donors (Lipinski definition) is 4. The van der Waals surface area contributed by atoms with Crippen molar-refractivity contribution >= 4 is 0 Å². The maximum Gasteiger partial charge on any atom is 0.00478 e. The second kappa shape index (κ2) is 17.2. The highest BCUT2D eigenvalue weighted by molar-refractivity contribution is 4.56. The molecule has 4 nitrogen and oxygen atoms in total. The summed E-state index contributed by atoms with van der Waals surface area (Å²) >= 11 is 0. The highest BCUT2D eigenvalue weighted by Crippen LogP contribution is 1.84. The van der Waals surface area contributed by atoms with Gasteiger partial charge in [-0.15, -0.1) is 0 Å². The highest BCUT2D eigenvalue weighted by atomic mass is 14.9. The van der Waals surface area contributed by atoms with Gasteiger partial charge in [0.2, 0.25) is 0 Å². The molecule has 0 aliphatic rings. The second-order valence-corrected chi connectivity index (χ2v) is 4.00. The highest BCUT2D eigenvalue weighted by Gasteiger charge is 1.93. The summed E-state index contributed by atoms with van der Waals surface area (Å²) in [5.41, 5.74) is 0. The first kappa shape index (κ1) is 18.2. The molecule has 0 rings (SSSR count). The molecule has 0 aliphatic heterocycles. The number of unbranched alkanes of at least 4 members (excludes halogenated alkanes) is 1. The quantitative estimate of drug-likeness (QED) is 0.435. The molecule has 0 saturated carbocycles. The average molecular weight is 232 g/mol. The van der Waals surface area contributed by atoms with Gasteiger partial charge in [-0.05, 0) is 74.0 Å². The van der Waals surface area contributed by atoms with Gasteiger partial charge in [-0.3, -0.25) is 0 Å². The predicted molar refractivity (Wildman–Crippen MR) is 74.2 cm³/mol. The summed E-state index contributed by atoms with van der Waals surface area (Å²) in [6, 6.07) is 0.641. The molecule has 16 heavy (non-hydrogen) atoms. The summed E-state index contributed by atoms with van der Waals surface area (Å²) in [5.74, 6) is 0. The second-order valence-electron chi connectivity index (χ2n) is 4.00. The van der Waals surface area contributed by atoms with Crippen molar-refractivity contribution in [2.75, 3.05) is 47.8 Å². The van der Waals surface area contributed by atoms with Gasteiger partial charge in [0.25, 0.3) is 0 Å². The lowest BCUT2D eigenvalue weighted by Gasteiger charge is -2.07. The van der Waals surface area contributed by atoms with Gasteiger partial charge in [0.15, 0.2) is 0 Å². The molecule has 0 bridgehead atoms. The van der Waals surface area contributed by atoms with Crippen molar-refractivity contribution in [3.8, 4) is 0 Å². The van der Waals surface area contributed by atoms with Crippen LogP contribution in [-0.4, -0.2) is 53.9 Å². The first-order valence-corrected chi connectivity index (χ1v) is 6.33. The first-order valence-electron chi connectivity index (χ1n) is 6.33. The molecule has 0 aliphatic carbocycles. The Morgan fingerprint density at radius 3 is 1.50 bits per heavy atom. The summed E-state index contributed by atoms with van der Waals surface area (Å²) in [4.78, 5) is 0. The summed E-state index contributed by atoms with van der Waals surface area (Å²) in [7, 11) is 7.93. The van der Waals surface area contributed by atoms with Crippen molar-refractivity contribution in [2.24, 2.45) is 0 Å². The SMILES string of the molecule is CNCCC(C)NC.CNCCCCNC. The smallest absolute Gasteiger partial charge is 0.00478 e. The summed E-state index contributed by atoms with van der Waals surface area (Å²) in [5, 5.41) is 12.5. The van der Waals surface area contributed by atoms with E-state index in [1.54, 1.807) is 0 Å². The van der Waals surface area contributed by atoms with Gasteiger partial charge in [-0.1, -0.05) is 0 Å². The molecule has 0 aromatic rings. The molecule has 1 atom stereocenters. The minimum absolute atomic E-state index is 0.641. The van der Waals surface area contributed by atoms with E-state index in [0.29, 0.717) is 6.04 Å². The van der Waals surface area contributed by atoms with E-state index >= 15 is 0 Å². The minimum atomic E-state index is 0.641. The average Bonchev–Trinajstić information content (AvgIpc) is 2.32. The summed E-state index contributed by atoms with van der Waals surface area (Å²) < 4.78 is 0. The predicted octanol–water partition coefficient (Wildman–Crippen LogP) is 0.409. The zero-order chi connectivity index (χ0) is 12.6. The van der Waals surface area contributed by atoms with Crippen LogP contribution in [0, 0.1) is 0 Å². The van der Waals surface area contributed by atoms with Crippen LogP contribution in [0.2, 0.25) is 0 Å². The Balaban J connectivity index is 0. The van der Waals surface area contributed by atoms with Gasteiger partial charge < -0.3 is 21.3 Å². The molecular weight excluding hydrogens is 200 g/mol. The molecule has 0 amide bonds. The normalized spacial score (nSPS) is 11.8. The molecule has 4 heteroatoms. The number of nitrogens with one attached hydrogen (secondary N) is 4. The third-order valence-corrected chi connectivity index (χ3v) is 2.42. The van der Waals surface area contributed by atoms with E-state index in [1.165, 1.54) is 19.3 Å². The Morgan fingerprint density at radius 2 is 1.19 bits per heavy atom. The van der Waals surface area contributed by atoms with E-state index in [1.807, 2.05) is 28.2 Å². The van der Waals surface area contributed by atoms with Crippen molar-refractivity contribution < 1.29 is 0 Å². The standard InChI is InChI=1S/2C6H16N2/c1-6(8-3)4-5-7-2;1-7-5-3-4-6-8-2/h6-8H,4-5H2,1-3H3;7-8H,3-6H2,1-2H3. The molecule has 0 fully saturated rings. The fraction of sp³-hybridized carbons (Fsp3) is 1.00. The Morgan fingerprint density at radius 1 is 0.750 bits per heavy atom. The van der Waals surface area contributed by atoms with Crippen molar-refractivity contribution in [3.63, 3.8) is 0 Å². The maximum atomic E-state index is 3.16. The van der Waals surface area contributed by atoms with Gasteiger partial charge >= 0.3 is 0 Å². The Bertz CT molecular complexity index is 103. The molecule has 0 heterocycles. The molecule has 0 aromatic heterocycles. The molecule has 100 valence electrons. The van der Waals surface area contributed by atoms with E-state index in [9.17, 15) is 0 Å². The van der Waals surface area contributed by atoms with Crippen LogP contribution in [-0.2, 0) is 0 Å². The van der Waals surface area contributed by atoms with E-state index in [4.69, 9.17) is 0 Å². The maximum absolute atomic E-state index is 3.16. The first-order chi connectivity index (χ1) is 7.72. The summed E-state index contributed by atoms with van der Waals surface area (Å²) in [6.07, 6.45) is 3.75. The third-order valence-electron chi connectivity index (χ3n) is 2.42. The third kappa shape index (κ3) is 19.4. The molecule has 0 aromatic carbocycles. The zero-order valence-corrected chi connectivity index (χ0v) is 11.8. The van der Waals surface area contributed by atoms with Crippen molar-refractivity contribution in [2.45, 2.75) is 32.2 Å². The summed E-state index contributed by atoms with van der Waals surface area (Å²) in [6.45, 7) is 5.56. The molecule has 1 unspecified atom stereocenters. The molecule has 4 N–H and O–H groups in total. The number of rotatable bonds is 9. The lowest BCUT2D eigenvalue weighted by Crippen LogP contribution is -2.25. The van der Waals surface area contributed by atoms with Crippen LogP contribution in [0.4, 0.5) is 0 Å². The fourth-order valence-electron chi connectivity index (χ4n) is 1.11. The molecule has 0 radical (unpaired) electrons. The lowest BCUT2D eigenvalue weighted by molar-refractivity contribution is 0.548. The van der Waals surface area contributed by atoms with Crippen molar-refractivity contribution in [1.82, 2.24) is 21.3 Å². The van der Waals surface area contributed by atoms with Gasteiger partial charge in [0.1, 0.15) is 0 Å². The molecule has 0 saturated heterocycles. The van der Waals surface area contributed by atoms with E-state index in [0.717, 1.165) is 19.6 Å². The van der Waals surface area contributed by atoms with Crippen LogP contribution in [0.25, 0.3) is 0 Å². The lowest BCUT2D eigenvalue weighted by atomic mass is 10.2. The van der Waals surface area contributed by atoms with Crippen LogP contribution in [0.5, 0.6) is 0 Å². The van der Waals surface area contributed by atoms with Crippen molar-refractivity contribution in [3.05, 3.63) is 0 Å². The Kier molecular flexibility index (Phi) is 19.6. The van der Waals surface area contributed by atoms with E-state index < -0.39 is 0 Å². The largest absolute Gasteiger partial charge is 0.320 e. The van der Waals surface area contributed by atoms with E-state index in [-0.39, 0.29) is 0 Å². The topological polar surface area (TPSA) is 48.1 Å². The van der Waals surface area contributed by atoms with Gasteiger partial charge in [0, 0.05) is 6.04 Å². The number of hydrogen-bond acceptors (Lipinski definition) is 4. The minimum Gasteiger partial charge on any atom is -0.320 e. The van der Waals surface area contributed by atoms with Gasteiger partial charge in [-0.25, -0.2) is 0 Å². The molecule has 0 spiro atoms. The van der Waals surface area contributed by atoms with Crippen LogP contribution >= 0.6 is 0 Å². The van der Waals surface area contributed by atoms with Crippen LogP contribution in [0.1, 0.15) is 26.2 Å². The van der Waals surface area contributed by atoms with Crippen LogP contribution in [0.3, 0.4) is 0 Å². The molecular formula is C12H32N4. The fourth-order valence-corrected chi connectivity index (χ4v) is 1.11. The monoisotopic (exact) mass is 232 g/mol. The van der Waals surface area contributed by atoms with Crippen LogP contribution in [0.15, 0.2) is 0 Å².